The molecule has 2 aliphatic rings. The van der Waals surface area contributed by atoms with E-state index < -0.39 is 0 Å². The van der Waals surface area contributed by atoms with Gasteiger partial charge in [0.1, 0.15) is 0 Å². The normalized spacial score (nSPS) is 24.1. The van der Waals surface area contributed by atoms with Gasteiger partial charge in [-0.05, 0) is 48.7 Å². The third-order valence-electron chi connectivity index (χ3n) is 6.59. The lowest BCUT2D eigenvalue weighted by molar-refractivity contribution is -0.127. The van der Waals surface area contributed by atoms with Gasteiger partial charge in [0.25, 0.3) is 0 Å². The van der Waals surface area contributed by atoms with Crippen LogP contribution >= 0.6 is 0 Å². The van der Waals surface area contributed by atoms with E-state index in [9.17, 15) is 4.79 Å². The Hall–Kier alpha value is -2.66. The second kappa shape index (κ2) is 6.74. The van der Waals surface area contributed by atoms with Crippen molar-refractivity contribution in [1.82, 2.24) is 19.8 Å². The molecule has 0 unspecified atom stereocenters. The standard InChI is InChI=1S/C23H26N4O/c1-26-13-16-10-21-19(18-6-3-7-20(26)22(16)18)9-17(14-27(21)2)23(28)25-12-15-5-4-8-24-11-15/h3-8,11,13,17,19,21H,9-10,12,14H2,1-2H3,(H,25,28)/t17-,19-,21-/m1/s1. The summed E-state index contributed by atoms with van der Waals surface area (Å²) in [5.74, 6) is 0.579. The number of aromatic nitrogens is 2. The lowest BCUT2D eigenvalue weighted by Crippen LogP contribution is -2.51. The van der Waals surface area contributed by atoms with Crippen LogP contribution < -0.4 is 5.32 Å². The quantitative estimate of drug-likeness (QED) is 0.767. The summed E-state index contributed by atoms with van der Waals surface area (Å²) in [4.78, 5) is 19.4. The summed E-state index contributed by atoms with van der Waals surface area (Å²) in [6.07, 6.45) is 7.83. The van der Waals surface area contributed by atoms with Crippen LogP contribution in [0.25, 0.3) is 10.9 Å². The average Bonchev–Trinajstić information content (AvgIpc) is 3.04. The molecule has 1 aliphatic heterocycles. The van der Waals surface area contributed by atoms with Crippen molar-refractivity contribution < 1.29 is 4.79 Å². The number of carbonyl (C=O) groups is 1. The van der Waals surface area contributed by atoms with Gasteiger partial charge in [-0.25, -0.2) is 0 Å². The fourth-order valence-electron chi connectivity index (χ4n) is 5.25. The van der Waals surface area contributed by atoms with Crippen molar-refractivity contribution in [3.8, 4) is 0 Å². The summed E-state index contributed by atoms with van der Waals surface area (Å²) < 4.78 is 2.24. The highest BCUT2D eigenvalue weighted by Gasteiger charge is 2.41. The molecule has 1 aliphatic carbocycles. The molecule has 3 atom stereocenters. The van der Waals surface area contributed by atoms with Crippen molar-refractivity contribution in [2.24, 2.45) is 13.0 Å². The van der Waals surface area contributed by atoms with Gasteiger partial charge in [-0.2, -0.15) is 0 Å². The maximum atomic E-state index is 12.9. The van der Waals surface area contributed by atoms with E-state index in [-0.39, 0.29) is 11.8 Å². The number of pyridine rings is 1. The second-order valence-electron chi connectivity index (χ2n) is 8.34. The van der Waals surface area contributed by atoms with Crippen molar-refractivity contribution in [1.29, 1.82) is 0 Å². The molecule has 1 amide bonds. The number of nitrogens with one attached hydrogen (secondary N) is 1. The van der Waals surface area contributed by atoms with Crippen LogP contribution in [0.4, 0.5) is 0 Å². The Balaban J connectivity index is 1.39. The summed E-state index contributed by atoms with van der Waals surface area (Å²) >= 11 is 0. The molecule has 1 saturated heterocycles. The Labute approximate surface area is 165 Å². The number of hydrogen-bond donors (Lipinski definition) is 1. The van der Waals surface area contributed by atoms with Crippen LogP contribution in [0.1, 0.15) is 29.0 Å². The fraction of sp³-hybridized carbons (Fsp3) is 0.391. The number of benzene rings is 1. The fourth-order valence-corrected chi connectivity index (χ4v) is 5.25. The Morgan fingerprint density at radius 1 is 1.25 bits per heavy atom. The highest BCUT2D eigenvalue weighted by Crippen LogP contribution is 2.44. The molecule has 1 fully saturated rings. The number of piperidine rings is 1. The third-order valence-corrected chi connectivity index (χ3v) is 6.59. The van der Waals surface area contributed by atoms with Gasteiger partial charge in [0.05, 0.1) is 5.92 Å². The first kappa shape index (κ1) is 17.4. The molecule has 144 valence electrons. The van der Waals surface area contributed by atoms with Crippen LogP contribution in [0.5, 0.6) is 0 Å². The number of carbonyl (C=O) groups excluding carboxylic acids is 1. The monoisotopic (exact) mass is 374 g/mol. The van der Waals surface area contributed by atoms with E-state index in [1.54, 1.807) is 6.20 Å². The van der Waals surface area contributed by atoms with Gasteiger partial charge < -0.3 is 14.8 Å². The van der Waals surface area contributed by atoms with E-state index in [0.717, 1.165) is 24.9 Å². The first-order valence-electron chi connectivity index (χ1n) is 10.1. The Morgan fingerprint density at radius 2 is 2.14 bits per heavy atom. The van der Waals surface area contributed by atoms with Gasteiger partial charge >= 0.3 is 0 Å². The zero-order valence-electron chi connectivity index (χ0n) is 16.4. The van der Waals surface area contributed by atoms with Crippen molar-refractivity contribution in [2.75, 3.05) is 13.6 Å². The van der Waals surface area contributed by atoms with E-state index >= 15 is 0 Å². The summed E-state index contributed by atoms with van der Waals surface area (Å²) in [6.45, 7) is 1.36. The average molecular weight is 374 g/mol. The number of fused-ring (bicyclic) bond motifs is 2. The molecule has 28 heavy (non-hydrogen) atoms. The largest absolute Gasteiger partial charge is 0.352 e. The molecule has 5 nitrogen and oxygen atoms in total. The van der Waals surface area contributed by atoms with Gasteiger partial charge in [0.15, 0.2) is 0 Å². The molecule has 0 saturated carbocycles. The van der Waals surface area contributed by atoms with Crippen LogP contribution in [0, 0.1) is 5.92 Å². The number of likely N-dealkylation sites (N-methyl/N-ethyl adjacent to an activating group) is 1. The van der Waals surface area contributed by atoms with Crippen molar-refractivity contribution >= 4 is 16.8 Å². The van der Waals surface area contributed by atoms with E-state index in [2.05, 4.69) is 58.3 Å². The van der Waals surface area contributed by atoms with Crippen LogP contribution in [-0.2, 0) is 24.8 Å². The molecule has 0 radical (unpaired) electrons. The lowest BCUT2D eigenvalue weighted by atomic mass is 9.72. The van der Waals surface area contributed by atoms with E-state index in [4.69, 9.17) is 0 Å². The molecule has 3 heterocycles. The van der Waals surface area contributed by atoms with Crippen LogP contribution in [0.3, 0.4) is 0 Å². The third kappa shape index (κ3) is 2.81. The van der Waals surface area contributed by atoms with E-state index in [0.29, 0.717) is 18.5 Å². The van der Waals surface area contributed by atoms with Crippen molar-refractivity contribution in [3.63, 3.8) is 0 Å². The molecule has 5 heteroatoms. The molecule has 0 bridgehead atoms. The number of nitrogens with zero attached hydrogens (tertiary/aromatic N) is 3. The van der Waals surface area contributed by atoms with Crippen LogP contribution in [0.2, 0.25) is 0 Å². The minimum absolute atomic E-state index is 0.0171. The number of hydrogen-bond acceptors (Lipinski definition) is 3. The molecular weight excluding hydrogens is 348 g/mol. The summed E-state index contributed by atoms with van der Waals surface area (Å²) in [5.41, 5.74) is 5.20. The Bertz CT molecular complexity index is 1030. The minimum atomic E-state index is 0.0171. The van der Waals surface area contributed by atoms with Gasteiger partial charge in [-0.15, -0.1) is 0 Å². The predicted octanol–water partition coefficient (Wildman–Crippen LogP) is 2.85. The number of rotatable bonds is 3. The van der Waals surface area contributed by atoms with Gasteiger partial charge in [-0.1, -0.05) is 18.2 Å². The first-order chi connectivity index (χ1) is 13.6. The maximum absolute atomic E-state index is 12.9. The SMILES string of the molecule is CN1C[C@H](C(=O)NCc2cccnc2)C[C@@H]2c3cccc4c3c(cn4C)C[C@H]21. The summed E-state index contributed by atoms with van der Waals surface area (Å²) in [6, 6.07) is 11.0. The van der Waals surface area contributed by atoms with E-state index in [1.165, 1.54) is 22.0 Å². The van der Waals surface area contributed by atoms with E-state index in [1.807, 2.05) is 18.3 Å². The van der Waals surface area contributed by atoms with Gasteiger partial charge in [0, 0.05) is 61.6 Å². The minimum Gasteiger partial charge on any atom is -0.352 e. The molecule has 3 aromatic rings. The molecule has 1 aromatic carbocycles. The number of aryl methyl sites for hydroxylation is 1. The molecule has 5 rings (SSSR count). The predicted molar refractivity (Wildman–Crippen MR) is 110 cm³/mol. The van der Waals surface area contributed by atoms with Crippen molar-refractivity contribution in [2.45, 2.75) is 31.3 Å². The Kier molecular flexibility index (Phi) is 4.20. The molecule has 1 N–H and O–H groups in total. The smallest absolute Gasteiger partial charge is 0.224 e. The second-order valence-corrected chi connectivity index (χ2v) is 8.34. The van der Waals surface area contributed by atoms with Crippen LogP contribution in [-0.4, -0.2) is 40.0 Å². The highest BCUT2D eigenvalue weighted by atomic mass is 16.1. The topological polar surface area (TPSA) is 50.2 Å². The number of amides is 1. The number of likely N-dealkylation sites (tertiary alicyclic amines) is 1. The van der Waals surface area contributed by atoms with Crippen molar-refractivity contribution in [3.05, 3.63) is 65.6 Å². The summed E-state index contributed by atoms with van der Waals surface area (Å²) in [5, 5.41) is 4.54. The van der Waals surface area contributed by atoms with Crippen LogP contribution in [0.15, 0.2) is 48.9 Å². The zero-order chi connectivity index (χ0) is 19.3. The lowest BCUT2D eigenvalue weighted by Gasteiger charge is -2.45. The first-order valence-corrected chi connectivity index (χ1v) is 10.1. The molecule has 2 aromatic heterocycles. The maximum Gasteiger partial charge on any atom is 0.224 e. The van der Waals surface area contributed by atoms with Gasteiger partial charge in [0.2, 0.25) is 5.91 Å². The Morgan fingerprint density at radius 3 is 2.96 bits per heavy atom. The zero-order valence-corrected chi connectivity index (χ0v) is 16.4. The van der Waals surface area contributed by atoms with Gasteiger partial charge in [-0.3, -0.25) is 9.78 Å². The molecular formula is C23H26N4O. The summed E-state index contributed by atoms with van der Waals surface area (Å²) in [7, 11) is 4.30. The molecule has 0 spiro atoms. The highest BCUT2D eigenvalue weighted by molar-refractivity contribution is 5.89.